The van der Waals surface area contributed by atoms with Crippen LogP contribution in [0.4, 0.5) is 4.79 Å². The van der Waals surface area contributed by atoms with Crippen LogP contribution in [-0.4, -0.2) is 64.0 Å². The number of ether oxygens (including phenoxy) is 1. The van der Waals surface area contributed by atoms with Gasteiger partial charge < -0.3 is 20.1 Å². The fraction of sp³-hybridized carbons (Fsp3) is 0.407. The normalized spacial score (nSPS) is 12.6. The van der Waals surface area contributed by atoms with E-state index in [1.165, 1.54) is 0 Å². The molecular formula is C27H36N4O4. The van der Waals surface area contributed by atoms with Crippen LogP contribution in [0.3, 0.4) is 0 Å². The van der Waals surface area contributed by atoms with Crippen molar-refractivity contribution in [2.24, 2.45) is 0 Å². The number of rotatable bonds is 11. The molecule has 0 saturated carbocycles. The molecule has 3 rings (SSSR count). The number of hydrogen-bond donors (Lipinski definition) is 3. The molecule has 3 aromatic rings. The lowest BCUT2D eigenvalue weighted by atomic mass is 10.0. The molecule has 35 heavy (non-hydrogen) atoms. The van der Waals surface area contributed by atoms with Crippen LogP contribution in [-0.2, 0) is 22.5 Å². The summed E-state index contributed by atoms with van der Waals surface area (Å²) in [6.07, 6.45) is 2.03. The van der Waals surface area contributed by atoms with Gasteiger partial charge in [0.05, 0.1) is 13.0 Å². The number of hydrogen-bond acceptors (Lipinski definition) is 5. The van der Waals surface area contributed by atoms with E-state index in [1.54, 1.807) is 5.01 Å². The molecule has 0 saturated heterocycles. The molecule has 3 N–H and O–H groups in total. The van der Waals surface area contributed by atoms with Gasteiger partial charge in [-0.3, -0.25) is 4.79 Å². The van der Waals surface area contributed by atoms with Crippen LogP contribution in [0.1, 0.15) is 38.3 Å². The number of aliphatic carboxylic acids is 1. The minimum atomic E-state index is -0.868. The average molecular weight is 481 g/mol. The van der Waals surface area contributed by atoms with Gasteiger partial charge in [-0.15, -0.1) is 0 Å². The zero-order valence-corrected chi connectivity index (χ0v) is 21.0. The predicted molar refractivity (Wildman–Crippen MR) is 137 cm³/mol. The number of para-hydroxylation sites is 1. The van der Waals surface area contributed by atoms with Crippen molar-refractivity contribution in [3.8, 4) is 0 Å². The lowest BCUT2D eigenvalue weighted by molar-refractivity contribution is -0.137. The zero-order chi connectivity index (χ0) is 25.4. The van der Waals surface area contributed by atoms with E-state index in [0.717, 1.165) is 22.0 Å². The Morgan fingerprint density at radius 2 is 1.77 bits per heavy atom. The van der Waals surface area contributed by atoms with E-state index in [9.17, 15) is 14.7 Å². The number of benzene rings is 2. The van der Waals surface area contributed by atoms with Crippen molar-refractivity contribution in [3.05, 3.63) is 71.9 Å². The first-order valence-electron chi connectivity index (χ1n) is 11.9. The number of aromatic amines is 1. The third-order valence-corrected chi connectivity index (χ3v) is 5.59. The number of nitrogens with one attached hydrogen (secondary N) is 2. The van der Waals surface area contributed by atoms with Crippen LogP contribution in [0.15, 0.2) is 60.8 Å². The van der Waals surface area contributed by atoms with Crippen LogP contribution in [0, 0.1) is 0 Å². The number of aromatic nitrogens is 1. The summed E-state index contributed by atoms with van der Waals surface area (Å²) in [5.74, 6) is -0.868. The number of nitrogens with zero attached hydrogens (tertiary/aromatic N) is 2. The third-order valence-electron chi connectivity index (χ3n) is 5.59. The van der Waals surface area contributed by atoms with E-state index in [2.05, 4.69) is 10.3 Å². The lowest BCUT2D eigenvalue weighted by Crippen LogP contribution is -2.50. The first kappa shape index (κ1) is 26.2. The third kappa shape index (κ3) is 8.12. The minimum absolute atomic E-state index is 0.0220. The Morgan fingerprint density at radius 1 is 1.09 bits per heavy atom. The molecule has 0 bridgehead atoms. The van der Waals surface area contributed by atoms with Crippen molar-refractivity contribution in [2.75, 3.05) is 20.1 Å². The van der Waals surface area contributed by atoms with E-state index < -0.39 is 17.7 Å². The van der Waals surface area contributed by atoms with E-state index in [-0.39, 0.29) is 12.5 Å². The second kappa shape index (κ2) is 11.9. The first-order chi connectivity index (χ1) is 16.6. The summed E-state index contributed by atoms with van der Waals surface area (Å²) in [4.78, 5) is 27.8. The molecule has 1 aromatic heterocycles. The molecule has 0 spiro atoms. The number of carboxylic acids is 1. The van der Waals surface area contributed by atoms with Crippen molar-refractivity contribution in [3.63, 3.8) is 0 Å². The summed E-state index contributed by atoms with van der Waals surface area (Å²) in [7, 11) is 1.84. The number of carboxylic acid groups (broad SMARTS) is 1. The van der Waals surface area contributed by atoms with Gasteiger partial charge in [-0.05, 0) is 44.4 Å². The van der Waals surface area contributed by atoms with E-state index in [4.69, 9.17) is 4.74 Å². The maximum Gasteiger partial charge on any atom is 0.425 e. The Hall–Kier alpha value is -3.36. The van der Waals surface area contributed by atoms with Gasteiger partial charge in [-0.1, -0.05) is 48.5 Å². The molecule has 1 heterocycles. The second-order valence-corrected chi connectivity index (χ2v) is 9.72. The number of fused-ring (bicyclic) bond motifs is 1. The van der Waals surface area contributed by atoms with Crippen LogP contribution < -0.4 is 5.32 Å². The largest absolute Gasteiger partial charge is 0.481 e. The predicted octanol–water partition coefficient (Wildman–Crippen LogP) is 4.43. The van der Waals surface area contributed by atoms with Crippen molar-refractivity contribution in [1.29, 1.82) is 0 Å². The van der Waals surface area contributed by atoms with E-state index >= 15 is 0 Å². The molecule has 0 aliphatic rings. The fourth-order valence-corrected chi connectivity index (χ4v) is 4.02. The molecular weight excluding hydrogens is 444 g/mol. The average Bonchev–Trinajstić information content (AvgIpc) is 3.18. The maximum atomic E-state index is 13.0. The van der Waals surface area contributed by atoms with Gasteiger partial charge in [-0.2, -0.15) is 0 Å². The number of H-pyrrole nitrogens is 1. The number of carbonyl (C=O) groups excluding carboxylic acids is 1. The molecule has 8 nitrogen and oxygen atoms in total. The molecule has 0 unspecified atom stereocenters. The van der Waals surface area contributed by atoms with Gasteiger partial charge in [0.15, 0.2) is 0 Å². The molecule has 0 aliphatic heterocycles. The molecule has 188 valence electrons. The summed E-state index contributed by atoms with van der Waals surface area (Å²) < 4.78 is 5.63. The minimum Gasteiger partial charge on any atom is -0.481 e. The Balaban J connectivity index is 1.68. The highest BCUT2D eigenvalue weighted by molar-refractivity contribution is 5.83. The van der Waals surface area contributed by atoms with Crippen molar-refractivity contribution in [1.82, 2.24) is 20.3 Å². The summed E-state index contributed by atoms with van der Waals surface area (Å²) in [6.45, 7) is 6.79. The summed E-state index contributed by atoms with van der Waals surface area (Å²) in [6, 6.07) is 17.6. The van der Waals surface area contributed by atoms with E-state index in [1.807, 2.05) is 93.6 Å². The fourth-order valence-electron chi connectivity index (χ4n) is 4.02. The number of hydrazine groups is 1. The molecule has 0 fully saturated rings. The Bertz CT molecular complexity index is 1110. The summed E-state index contributed by atoms with van der Waals surface area (Å²) in [5.41, 5.74) is 2.52. The molecule has 0 radical (unpaired) electrons. The van der Waals surface area contributed by atoms with Crippen molar-refractivity contribution in [2.45, 2.75) is 51.8 Å². The van der Waals surface area contributed by atoms with E-state index in [0.29, 0.717) is 26.1 Å². The highest BCUT2D eigenvalue weighted by Gasteiger charge is 2.25. The molecule has 2 aromatic carbocycles. The van der Waals surface area contributed by atoms with Crippen LogP contribution >= 0.6 is 0 Å². The second-order valence-electron chi connectivity index (χ2n) is 9.72. The monoisotopic (exact) mass is 480 g/mol. The molecule has 1 atom stereocenters. The topological polar surface area (TPSA) is 97.9 Å². The smallest absolute Gasteiger partial charge is 0.425 e. The summed E-state index contributed by atoms with van der Waals surface area (Å²) >= 11 is 0. The van der Waals surface area contributed by atoms with Gasteiger partial charge in [0.2, 0.25) is 0 Å². The molecule has 1 amide bonds. The number of amides is 1. The standard InChI is InChI=1S/C27H36N4O4/c1-27(2,3)35-26(34)31(30(4)19-20-10-6-5-7-11-20)15-14-28-22(17-25(32)33)16-21-18-29-24-13-9-8-12-23(21)24/h5-13,18,22,28-29H,14-17,19H2,1-4H3,(H,32,33)/t22-/m0/s1. The van der Waals surface area contributed by atoms with Gasteiger partial charge in [0.1, 0.15) is 5.60 Å². The number of carbonyl (C=O) groups is 2. The van der Waals surface area contributed by atoms with Gasteiger partial charge in [-0.25, -0.2) is 14.8 Å². The van der Waals surface area contributed by atoms with Gasteiger partial charge in [0, 0.05) is 43.3 Å². The molecule has 0 aliphatic carbocycles. The first-order valence-corrected chi connectivity index (χ1v) is 11.9. The highest BCUT2D eigenvalue weighted by Crippen LogP contribution is 2.20. The maximum absolute atomic E-state index is 13.0. The lowest BCUT2D eigenvalue weighted by Gasteiger charge is -2.34. The van der Waals surface area contributed by atoms with Gasteiger partial charge in [0.25, 0.3) is 0 Å². The van der Waals surface area contributed by atoms with Gasteiger partial charge >= 0.3 is 12.1 Å². The van der Waals surface area contributed by atoms with Crippen LogP contribution in [0.2, 0.25) is 0 Å². The highest BCUT2D eigenvalue weighted by atomic mass is 16.6. The zero-order valence-electron chi connectivity index (χ0n) is 21.0. The van der Waals surface area contributed by atoms with Crippen LogP contribution in [0.5, 0.6) is 0 Å². The Morgan fingerprint density at radius 3 is 2.46 bits per heavy atom. The van der Waals surface area contributed by atoms with Crippen molar-refractivity contribution >= 4 is 23.0 Å². The van der Waals surface area contributed by atoms with Crippen LogP contribution in [0.25, 0.3) is 10.9 Å². The Kier molecular flexibility index (Phi) is 8.89. The molecule has 8 heteroatoms. The SMILES string of the molecule is CN(Cc1ccccc1)N(CCN[C@H](CC(=O)O)Cc1c[nH]c2ccccc12)C(=O)OC(C)(C)C. The Labute approximate surface area is 206 Å². The van der Waals surface area contributed by atoms with Crippen molar-refractivity contribution < 1.29 is 19.4 Å². The summed E-state index contributed by atoms with van der Waals surface area (Å²) in [5, 5.41) is 17.3. The quantitative estimate of drug-likeness (QED) is 0.351.